The number of hydrogen-bond acceptors (Lipinski definition) is 3. The third kappa shape index (κ3) is 3.14. The van der Waals surface area contributed by atoms with Crippen molar-refractivity contribution < 1.29 is 4.79 Å². The van der Waals surface area contributed by atoms with Crippen molar-refractivity contribution in [3.63, 3.8) is 0 Å². The third-order valence-electron chi connectivity index (χ3n) is 4.74. The molecule has 6 heteroatoms. The van der Waals surface area contributed by atoms with E-state index < -0.39 is 0 Å². The molecule has 140 valence electrons. The van der Waals surface area contributed by atoms with Crippen molar-refractivity contribution >= 4 is 28.8 Å². The number of nitrogens with zero attached hydrogens (tertiary/aromatic N) is 3. The summed E-state index contributed by atoms with van der Waals surface area (Å²) in [4.78, 5) is 17.4. The van der Waals surface area contributed by atoms with Crippen LogP contribution in [-0.2, 0) is 0 Å². The second-order valence-electron chi connectivity index (χ2n) is 6.76. The van der Waals surface area contributed by atoms with Gasteiger partial charge in [-0.05, 0) is 44.0 Å². The molecule has 2 aromatic carbocycles. The number of hydrogen-bond donors (Lipinski definition) is 1. The predicted molar refractivity (Wildman–Crippen MR) is 112 cm³/mol. The Morgan fingerprint density at radius 2 is 1.82 bits per heavy atom. The number of benzene rings is 2. The second-order valence-corrected chi connectivity index (χ2v) is 7.16. The van der Waals surface area contributed by atoms with Crippen LogP contribution in [0.25, 0.3) is 16.8 Å². The van der Waals surface area contributed by atoms with Crippen molar-refractivity contribution in [3.05, 3.63) is 82.3 Å². The van der Waals surface area contributed by atoms with Gasteiger partial charge in [-0.2, -0.15) is 5.10 Å². The van der Waals surface area contributed by atoms with E-state index in [1.54, 1.807) is 16.8 Å². The smallest absolute Gasteiger partial charge is 0.259 e. The lowest BCUT2D eigenvalue weighted by Gasteiger charge is -2.10. The van der Waals surface area contributed by atoms with E-state index in [9.17, 15) is 4.79 Å². The van der Waals surface area contributed by atoms with Crippen LogP contribution in [0.15, 0.2) is 54.7 Å². The van der Waals surface area contributed by atoms with Crippen LogP contribution < -0.4 is 5.32 Å². The van der Waals surface area contributed by atoms with Gasteiger partial charge in [0.05, 0.1) is 27.7 Å². The summed E-state index contributed by atoms with van der Waals surface area (Å²) in [5.41, 5.74) is 6.37. The van der Waals surface area contributed by atoms with Crippen molar-refractivity contribution in [2.24, 2.45) is 0 Å². The van der Waals surface area contributed by atoms with E-state index in [1.807, 2.05) is 63.2 Å². The van der Waals surface area contributed by atoms with Gasteiger partial charge in [-0.3, -0.25) is 4.79 Å². The molecular weight excluding hydrogens is 372 g/mol. The largest absolute Gasteiger partial charge is 0.321 e. The summed E-state index contributed by atoms with van der Waals surface area (Å²) in [5, 5.41) is 7.98. The van der Waals surface area contributed by atoms with Crippen LogP contribution in [0, 0.1) is 20.8 Å². The standard InChI is InChI=1S/C22H19ClN4O/c1-13-9-10-19(18(23)11-13)25-22(28)17-12-24-21-20(16-7-5-4-6-8-16)14(2)26-27(21)15(17)3/h4-12H,1-3H3,(H,25,28). The molecule has 4 rings (SSSR count). The fourth-order valence-corrected chi connectivity index (χ4v) is 3.56. The summed E-state index contributed by atoms with van der Waals surface area (Å²) in [6.07, 6.45) is 1.59. The third-order valence-corrected chi connectivity index (χ3v) is 5.05. The lowest BCUT2D eigenvalue weighted by Crippen LogP contribution is -2.16. The quantitative estimate of drug-likeness (QED) is 0.521. The molecule has 2 heterocycles. The zero-order chi connectivity index (χ0) is 19.8. The summed E-state index contributed by atoms with van der Waals surface area (Å²) in [6, 6.07) is 15.5. The Morgan fingerprint density at radius 1 is 1.07 bits per heavy atom. The van der Waals surface area contributed by atoms with E-state index in [-0.39, 0.29) is 5.91 Å². The first-order valence-electron chi connectivity index (χ1n) is 8.93. The van der Waals surface area contributed by atoms with Gasteiger partial charge in [-0.25, -0.2) is 9.50 Å². The van der Waals surface area contributed by atoms with Gasteiger partial charge < -0.3 is 5.32 Å². The van der Waals surface area contributed by atoms with Gasteiger partial charge >= 0.3 is 0 Å². The number of aromatic nitrogens is 3. The lowest BCUT2D eigenvalue weighted by atomic mass is 10.1. The zero-order valence-electron chi connectivity index (χ0n) is 15.8. The van der Waals surface area contributed by atoms with Crippen molar-refractivity contribution in [2.45, 2.75) is 20.8 Å². The topological polar surface area (TPSA) is 59.3 Å². The Balaban J connectivity index is 1.75. The maximum absolute atomic E-state index is 12.8. The Morgan fingerprint density at radius 3 is 2.54 bits per heavy atom. The minimum atomic E-state index is -0.271. The second kappa shape index (κ2) is 7.09. The fraction of sp³-hybridized carbons (Fsp3) is 0.136. The zero-order valence-corrected chi connectivity index (χ0v) is 16.6. The van der Waals surface area contributed by atoms with Gasteiger partial charge in [-0.15, -0.1) is 0 Å². The number of rotatable bonds is 3. The SMILES string of the molecule is Cc1ccc(NC(=O)c2cnc3c(-c4ccccc4)c(C)nn3c2C)c(Cl)c1. The van der Waals surface area contributed by atoms with E-state index in [0.717, 1.165) is 33.7 Å². The van der Waals surface area contributed by atoms with Crippen molar-refractivity contribution in [3.8, 4) is 11.1 Å². The Labute approximate surface area is 168 Å². The molecule has 0 aliphatic carbocycles. The van der Waals surface area contributed by atoms with Crippen molar-refractivity contribution in [1.29, 1.82) is 0 Å². The van der Waals surface area contributed by atoms with Crippen molar-refractivity contribution in [1.82, 2.24) is 14.6 Å². The fourth-order valence-electron chi connectivity index (χ4n) is 3.28. The molecule has 0 aliphatic heterocycles. The molecule has 28 heavy (non-hydrogen) atoms. The van der Waals surface area contributed by atoms with E-state index in [0.29, 0.717) is 16.3 Å². The van der Waals surface area contributed by atoms with Crippen LogP contribution >= 0.6 is 11.6 Å². The molecule has 0 fully saturated rings. The molecule has 0 saturated carbocycles. The van der Waals surface area contributed by atoms with E-state index in [2.05, 4.69) is 15.4 Å². The van der Waals surface area contributed by atoms with E-state index in [1.165, 1.54) is 0 Å². The van der Waals surface area contributed by atoms with Gasteiger partial charge in [0.2, 0.25) is 0 Å². The Bertz CT molecular complexity index is 1200. The van der Waals surface area contributed by atoms with E-state index >= 15 is 0 Å². The number of carbonyl (C=O) groups is 1. The van der Waals surface area contributed by atoms with Gasteiger partial charge in [-0.1, -0.05) is 48.0 Å². The summed E-state index contributed by atoms with van der Waals surface area (Å²) >= 11 is 6.24. The molecule has 0 bridgehead atoms. The molecule has 1 N–H and O–H groups in total. The molecule has 0 radical (unpaired) electrons. The summed E-state index contributed by atoms with van der Waals surface area (Å²) in [6.45, 7) is 5.76. The first-order valence-corrected chi connectivity index (χ1v) is 9.31. The number of amides is 1. The molecule has 0 unspecified atom stereocenters. The molecule has 4 aromatic rings. The normalized spacial score (nSPS) is 11.0. The summed E-state index contributed by atoms with van der Waals surface area (Å²) in [5.74, 6) is -0.271. The molecule has 2 aromatic heterocycles. The Kier molecular flexibility index (Phi) is 4.61. The first kappa shape index (κ1) is 18.2. The van der Waals surface area contributed by atoms with E-state index in [4.69, 9.17) is 11.6 Å². The van der Waals surface area contributed by atoms with Gasteiger partial charge in [0.1, 0.15) is 0 Å². The maximum Gasteiger partial charge on any atom is 0.259 e. The minimum absolute atomic E-state index is 0.271. The van der Waals surface area contributed by atoms with Gasteiger partial charge in [0.25, 0.3) is 5.91 Å². The highest BCUT2D eigenvalue weighted by Gasteiger charge is 2.19. The highest BCUT2D eigenvalue weighted by atomic mass is 35.5. The lowest BCUT2D eigenvalue weighted by molar-refractivity contribution is 0.102. The summed E-state index contributed by atoms with van der Waals surface area (Å²) < 4.78 is 1.73. The monoisotopic (exact) mass is 390 g/mol. The Hall–Kier alpha value is -3.18. The average molecular weight is 391 g/mol. The molecule has 1 amide bonds. The van der Waals surface area contributed by atoms with Gasteiger partial charge in [0.15, 0.2) is 5.65 Å². The van der Waals surface area contributed by atoms with Crippen LogP contribution in [0.1, 0.15) is 27.3 Å². The number of carbonyl (C=O) groups excluding carboxylic acids is 1. The molecular formula is C22H19ClN4O. The van der Waals surface area contributed by atoms with Crippen LogP contribution in [0.2, 0.25) is 5.02 Å². The van der Waals surface area contributed by atoms with Crippen LogP contribution in [0.4, 0.5) is 5.69 Å². The van der Waals surface area contributed by atoms with Crippen molar-refractivity contribution in [2.75, 3.05) is 5.32 Å². The van der Waals surface area contributed by atoms with Crippen LogP contribution in [0.5, 0.6) is 0 Å². The molecule has 0 saturated heterocycles. The number of nitrogens with one attached hydrogen (secondary N) is 1. The van der Waals surface area contributed by atoms with Crippen LogP contribution in [0.3, 0.4) is 0 Å². The molecule has 0 atom stereocenters. The number of fused-ring (bicyclic) bond motifs is 1. The first-order chi connectivity index (χ1) is 13.5. The highest BCUT2D eigenvalue weighted by molar-refractivity contribution is 6.34. The molecule has 5 nitrogen and oxygen atoms in total. The number of aryl methyl sites for hydroxylation is 3. The highest BCUT2D eigenvalue weighted by Crippen LogP contribution is 2.28. The molecule has 0 aliphatic rings. The predicted octanol–water partition coefficient (Wildman–Crippen LogP) is 5.23. The number of anilines is 1. The number of halogens is 1. The molecule has 0 spiro atoms. The average Bonchev–Trinajstić information content (AvgIpc) is 3.02. The summed E-state index contributed by atoms with van der Waals surface area (Å²) in [7, 11) is 0. The minimum Gasteiger partial charge on any atom is -0.321 e. The van der Waals surface area contributed by atoms with Crippen LogP contribution in [-0.4, -0.2) is 20.5 Å². The van der Waals surface area contributed by atoms with Gasteiger partial charge in [0, 0.05) is 11.8 Å². The maximum atomic E-state index is 12.8.